The van der Waals surface area contributed by atoms with Gasteiger partial charge in [-0.25, -0.2) is 0 Å². The second-order valence-electron chi connectivity index (χ2n) is 8.94. The van der Waals surface area contributed by atoms with E-state index in [9.17, 15) is 25.5 Å². The molecule has 1 rings (SSSR count). The molecule has 0 aliphatic carbocycles. The maximum absolute atomic E-state index is 10.2. The SMILES string of the molecule is CCCCCCCCCCCCC/C=C/[C@H](O)[C@H](N)CO[C@H]1O[C@H](CO)[C@@H](O)[C@H](O)[C@H]1O. The third-order valence-electron chi connectivity index (χ3n) is 6.05. The van der Waals surface area contributed by atoms with Gasteiger partial charge in [-0.05, 0) is 12.8 Å². The molecule has 1 aliphatic heterocycles. The van der Waals surface area contributed by atoms with Gasteiger partial charge in [0, 0.05) is 0 Å². The molecule has 0 amide bonds. The van der Waals surface area contributed by atoms with E-state index in [1.54, 1.807) is 6.08 Å². The maximum atomic E-state index is 10.2. The molecule has 0 unspecified atom stereocenters. The van der Waals surface area contributed by atoms with E-state index >= 15 is 0 Å². The normalized spacial score (nSPS) is 28.3. The van der Waals surface area contributed by atoms with Crippen LogP contribution in [0.1, 0.15) is 84.0 Å². The van der Waals surface area contributed by atoms with Gasteiger partial charge in [0.2, 0.25) is 0 Å². The molecule has 7 atom stereocenters. The summed E-state index contributed by atoms with van der Waals surface area (Å²) in [6.07, 6.45) is 11.1. The molecule has 0 bridgehead atoms. The van der Waals surface area contributed by atoms with Crippen LogP contribution in [-0.4, -0.2) is 81.6 Å². The highest BCUT2D eigenvalue weighted by atomic mass is 16.7. The third-order valence-corrected chi connectivity index (χ3v) is 6.05. The number of unbranched alkanes of at least 4 members (excludes halogenated alkanes) is 11. The Morgan fingerprint density at radius 1 is 0.875 bits per heavy atom. The minimum absolute atomic E-state index is 0.118. The minimum atomic E-state index is -1.50. The summed E-state index contributed by atoms with van der Waals surface area (Å²) >= 11 is 0. The molecule has 0 radical (unpaired) electrons. The predicted octanol–water partition coefficient (Wildman–Crippen LogP) is 1.75. The van der Waals surface area contributed by atoms with Crippen molar-refractivity contribution in [1.82, 2.24) is 0 Å². The monoisotopic (exact) mass is 461 g/mol. The molecule has 32 heavy (non-hydrogen) atoms. The first-order chi connectivity index (χ1) is 15.4. The van der Waals surface area contributed by atoms with Crippen LogP contribution < -0.4 is 5.73 Å². The first-order valence-electron chi connectivity index (χ1n) is 12.4. The topological polar surface area (TPSA) is 146 Å². The molecule has 0 aromatic heterocycles. The second kappa shape index (κ2) is 17.8. The molecule has 1 heterocycles. The van der Waals surface area contributed by atoms with Crippen molar-refractivity contribution in [2.45, 2.75) is 127 Å². The highest BCUT2D eigenvalue weighted by Crippen LogP contribution is 2.22. The molecule has 8 heteroatoms. The summed E-state index contributed by atoms with van der Waals surface area (Å²) in [6, 6.07) is -0.740. The van der Waals surface area contributed by atoms with Crippen LogP contribution in [-0.2, 0) is 9.47 Å². The maximum Gasteiger partial charge on any atom is 0.186 e. The highest BCUT2D eigenvalue weighted by Gasteiger charge is 2.44. The first-order valence-corrected chi connectivity index (χ1v) is 12.4. The number of hydrogen-bond acceptors (Lipinski definition) is 8. The molecule has 1 saturated heterocycles. The third kappa shape index (κ3) is 11.5. The van der Waals surface area contributed by atoms with Gasteiger partial charge < -0.3 is 40.7 Å². The van der Waals surface area contributed by atoms with Gasteiger partial charge in [0.15, 0.2) is 6.29 Å². The van der Waals surface area contributed by atoms with Crippen LogP contribution in [0, 0.1) is 0 Å². The van der Waals surface area contributed by atoms with Gasteiger partial charge in [-0.1, -0.05) is 83.3 Å². The molecule has 0 saturated carbocycles. The van der Waals surface area contributed by atoms with Crippen molar-refractivity contribution in [1.29, 1.82) is 0 Å². The van der Waals surface area contributed by atoms with Crippen molar-refractivity contribution < 1.29 is 35.0 Å². The van der Waals surface area contributed by atoms with Gasteiger partial charge in [0.1, 0.15) is 24.4 Å². The molecular weight excluding hydrogens is 414 g/mol. The van der Waals surface area contributed by atoms with Crippen molar-refractivity contribution in [2.24, 2.45) is 5.73 Å². The first kappa shape index (κ1) is 29.5. The summed E-state index contributed by atoms with van der Waals surface area (Å²) in [5.41, 5.74) is 5.93. The molecular formula is C24H47NO7. The van der Waals surface area contributed by atoms with Gasteiger partial charge in [0.05, 0.1) is 25.4 Å². The lowest BCUT2D eigenvalue weighted by Gasteiger charge is -2.39. The summed E-state index contributed by atoms with van der Waals surface area (Å²) in [5.74, 6) is 0. The summed E-state index contributed by atoms with van der Waals surface area (Å²) in [5, 5.41) is 48.8. The van der Waals surface area contributed by atoms with Crippen LogP contribution in [0.15, 0.2) is 12.2 Å². The van der Waals surface area contributed by atoms with E-state index in [-0.39, 0.29) is 6.61 Å². The Hall–Kier alpha value is -0.580. The van der Waals surface area contributed by atoms with Gasteiger partial charge >= 0.3 is 0 Å². The van der Waals surface area contributed by atoms with Crippen molar-refractivity contribution in [3.63, 3.8) is 0 Å². The Balaban J connectivity index is 2.10. The number of aliphatic hydroxyl groups excluding tert-OH is 5. The van der Waals surface area contributed by atoms with Crippen molar-refractivity contribution in [3.05, 3.63) is 12.2 Å². The summed E-state index contributed by atoms with van der Waals surface area (Å²) in [7, 11) is 0. The van der Waals surface area contributed by atoms with E-state index in [4.69, 9.17) is 15.2 Å². The zero-order chi connectivity index (χ0) is 23.8. The number of ether oxygens (including phenoxy) is 2. The van der Waals surface area contributed by atoms with E-state index in [1.165, 1.54) is 64.2 Å². The number of hydrogen-bond donors (Lipinski definition) is 6. The molecule has 190 valence electrons. The number of aliphatic hydroxyl groups is 5. The van der Waals surface area contributed by atoms with Gasteiger partial charge in [-0.15, -0.1) is 0 Å². The Labute approximate surface area is 193 Å². The number of nitrogens with two attached hydrogens (primary N) is 1. The molecule has 8 nitrogen and oxygen atoms in total. The zero-order valence-corrected chi connectivity index (χ0v) is 19.7. The van der Waals surface area contributed by atoms with E-state index in [0.717, 1.165) is 12.8 Å². The van der Waals surface area contributed by atoms with E-state index in [1.807, 2.05) is 6.08 Å². The summed E-state index contributed by atoms with van der Waals surface area (Å²) in [4.78, 5) is 0. The molecule has 0 aromatic rings. The van der Waals surface area contributed by atoms with Crippen LogP contribution >= 0.6 is 0 Å². The van der Waals surface area contributed by atoms with Crippen LogP contribution in [0.4, 0.5) is 0 Å². The largest absolute Gasteiger partial charge is 0.394 e. The molecule has 1 fully saturated rings. The van der Waals surface area contributed by atoms with Crippen molar-refractivity contribution in [2.75, 3.05) is 13.2 Å². The van der Waals surface area contributed by atoms with Crippen LogP contribution in [0.2, 0.25) is 0 Å². The molecule has 1 aliphatic rings. The van der Waals surface area contributed by atoms with Crippen molar-refractivity contribution in [3.8, 4) is 0 Å². The Bertz CT molecular complexity index is 477. The zero-order valence-electron chi connectivity index (χ0n) is 19.7. The minimum Gasteiger partial charge on any atom is -0.394 e. The van der Waals surface area contributed by atoms with E-state index in [0.29, 0.717) is 0 Å². The van der Waals surface area contributed by atoms with Crippen molar-refractivity contribution >= 4 is 0 Å². The fourth-order valence-electron chi connectivity index (χ4n) is 3.81. The van der Waals surface area contributed by atoms with E-state index in [2.05, 4.69) is 6.92 Å². The Morgan fingerprint density at radius 3 is 2.00 bits per heavy atom. The molecule has 7 N–H and O–H groups in total. The lowest BCUT2D eigenvalue weighted by Crippen LogP contribution is -2.59. The smallest absolute Gasteiger partial charge is 0.186 e. The average molecular weight is 462 g/mol. The second-order valence-corrected chi connectivity index (χ2v) is 8.94. The van der Waals surface area contributed by atoms with Gasteiger partial charge in [0.25, 0.3) is 0 Å². The Morgan fingerprint density at radius 2 is 1.44 bits per heavy atom. The van der Waals surface area contributed by atoms with Gasteiger partial charge in [-0.3, -0.25) is 0 Å². The predicted molar refractivity (Wildman–Crippen MR) is 124 cm³/mol. The number of allylic oxidation sites excluding steroid dienone is 1. The quantitative estimate of drug-likeness (QED) is 0.134. The molecule has 0 spiro atoms. The summed E-state index contributed by atoms with van der Waals surface area (Å²) < 4.78 is 10.6. The van der Waals surface area contributed by atoms with Gasteiger partial charge in [-0.2, -0.15) is 0 Å². The van der Waals surface area contributed by atoms with E-state index < -0.39 is 49.5 Å². The fraction of sp³-hybridized carbons (Fsp3) is 0.917. The van der Waals surface area contributed by atoms with Crippen LogP contribution in [0.3, 0.4) is 0 Å². The number of rotatable bonds is 18. The summed E-state index contributed by atoms with van der Waals surface area (Å²) in [6.45, 7) is 1.60. The average Bonchev–Trinajstić information content (AvgIpc) is 2.79. The lowest BCUT2D eigenvalue weighted by molar-refractivity contribution is -0.302. The Kier molecular flexibility index (Phi) is 16.4. The standard InChI is InChI=1S/C24H47NO7/c1-2-3-4-5-6-7-8-9-10-11-12-13-14-15-19(27)18(25)17-31-24-23(30)22(29)21(28)20(16-26)32-24/h14-15,18-24,26-30H,2-13,16-17,25H2,1H3/b15-14+/t18-,19+,20-,21-,22+,23-,24+/m1/s1. The lowest BCUT2D eigenvalue weighted by atomic mass is 9.99. The fourth-order valence-corrected chi connectivity index (χ4v) is 3.81. The van der Waals surface area contributed by atoms with Crippen LogP contribution in [0.25, 0.3) is 0 Å². The van der Waals surface area contributed by atoms with Crippen LogP contribution in [0.5, 0.6) is 0 Å². The molecule has 0 aromatic carbocycles. The highest BCUT2D eigenvalue weighted by molar-refractivity contribution is 4.94.